The molecule has 0 aliphatic carbocycles. The van der Waals surface area contributed by atoms with Crippen LogP contribution in [0.2, 0.25) is 0 Å². The number of imide groups is 1. The third kappa shape index (κ3) is 5.65. The van der Waals surface area contributed by atoms with Crippen LogP contribution in [-0.4, -0.2) is 97.5 Å². The zero-order chi connectivity index (χ0) is 29.4. The lowest BCUT2D eigenvalue weighted by Gasteiger charge is -2.41. The number of alkyl halides is 3. The quantitative estimate of drug-likeness (QED) is 0.438. The number of aromatic nitrogens is 1. The number of anilines is 2. The number of sulfone groups is 1. The number of rotatable bonds is 8. The van der Waals surface area contributed by atoms with Crippen LogP contribution in [0.4, 0.5) is 29.5 Å². The van der Waals surface area contributed by atoms with Crippen molar-refractivity contribution in [3.8, 4) is 0 Å². The van der Waals surface area contributed by atoms with Crippen molar-refractivity contribution in [2.24, 2.45) is 0 Å². The van der Waals surface area contributed by atoms with Gasteiger partial charge in [-0.25, -0.2) is 23.1 Å². The van der Waals surface area contributed by atoms with E-state index < -0.39 is 38.2 Å². The van der Waals surface area contributed by atoms with Crippen molar-refractivity contribution in [3.05, 3.63) is 48.2 Å². The first-order valence-electron chi connectivity index (χ1n) is 13.0. The highest BCUT2D eigenvalue weighted by molar-refractivity contribution is 7.92. The number of hydrogen-bond acceptors (Lipinski definition) is 8. The standard InChI is InChI=1S/C26H33F3N6O4S/c1-5-33(19(3)32-14-12-31(4)13-15-32)23-16-20(10-11-30-23)17-34-18(2)24(36)35(25(34)37)21-6-8-22(9-7-21)40(38,39)26(27,28)29/h6-11,16,18-19H,5,12-15,17H2,1-4H3. The van der Waals surface area contributed by atoms with Crippen molar-refractivity contribution < 1.29 is 31.2 Å². The molecule has 3 amide bonds. The van der Waals surface area contributed by atoms with Gasteiger partial charge in [-0.05, 0) is 69.8 Å². The number of halogens is 3. The monoisotopic (exact) mass is 582 g/mol. The van der Waals surface area contributed by atoms with Gasteiger partial charge in [0, 0.05) is 45.5 Å². The number of nitrogens with zero attached hydrogens (tertiary/aromatic N) is 6. The number of urea groups is 1. The van der Waals surface area contributed by atoms with Crippen molar-refractivity contribution in [2.45, 2.75) is 49.9 Å². The second-order valence-corrected chi connectivity index (χ2v) is 11.9. The minimum absolute atomic E-state index is 0.0148. The van der Waals surface area contributed by atoms with Crippen molar-refractivity contribution in [2.75, 3.05) is 49.6 Å². The molecule has 10 nitrogen and oxygen atoms in total. The molecule has 2 aromatic rings. The van der Waals surface area contributed by atoms with Crippen LogP contribution in [0.15, 0.2) is 47.5 Å². The molecule has 218 valence electrons. The van der Waals surface area contributed by atoms with Gasteiger partial charge in [0.25, 0.3) is 15.7 Å². The number of carbonyl (C=O) groups is 2. The van der Waals surface area contributed by atoms with Crippen molar-refractivity contribution in [1.29, 1.82) is 0 Å². The van der Waals surface area contributed by atoms with Crippen LogP contribution >= 0.6 is 0 Å². The largest absolute Gasteiger partial charge is 0.501 e. The van der Waals surface area contributed by atoms with Crippen molar-refractivity contribution in [3.63, 3.8) is 0 Å². The zero-order valence-corrected chi connectivity index (χ0v) is 23.6. The molecule has 0 radical (unpaired) electrons. The average molecular weight is 583 g/mol. The van der Waals surface area contributed by atoms with Gasteiger partial charge in [0.1, 0.15) is 11.9 Å². The van der Waals surface area contributed by atoms with E-state index in [1.165, 1.54) is 4.90 Å². The average Bonchev–Trinajstić information content (AvgIpc) is 3.12. The smallest absolute Gasteiger partial charge is 0.341 e. The fraction of sp³-hybridized carbons (Fsp3) is 0.500. The van der Waals surface area contributed by atoms with Gasteiger partial charge in [-0.3, -0.25) is 9.69 Å². The Morgan fingerprint density at radius 3 is 2.27 bits per heavy atom. The van der Waals surface area contributed by atoms with E-state index >= 15 is 0 Å². The van der Waals surface area contributed by atoms with E-state index in [1.54, 1.807) is 19.2 Å². The Balaban J connectivity index is 1.51. The van der Waals surface area contributed by atoms with E-state index in [9.17, 15) is 31.2 Å². The number of piperazine rings is 1. The molecule has 2 fully saturated rings. The van der Waals surface area contributed by atoms with Gasteiger partial charge in [-0.2, -0.15) is 13.2 Å². The molecule has 2 saturated heterocycles. The summed E-state index contributed by atoms with van der Waals surface area (Å²) in [5.41, 5.74) is -4.72. The second-order valence-electron chi connectivity index (χ2n) is 9.98. The summed E-state index contributed by atoms with van der Waals surface area (Å²) in [6.07, 6.45) is 1.77. The minimum Gasteiger partial charge on any atom is -0.341 e. The molecule has 0 bridgehead atoms. The molecule has 1 aromatic carbocycles. The zero-order valence-electron chi connectivity index (χ0n) is 22.8. The summed E-state index contributed by atoms with van der Waals surface area (Å²) in [6, 6.07) is 5.68. The van der Waals surface area contributed by atoms with E-state index in [4.69, 9.17) is 0 Å². The van der Waals surface area contributed by atoms with E-state index in [0.717, 1.165) is 73.3 Å². The first kappa shape index (κ1) is 29.7. The maximum absolute atomic E-state index is 13.3. The normalized spacial score (nSPS) is 20.3. The maximum Gasteiger partial charge on any atom is 0.501 e. The van der Waals surface area contributed by atoms with Gasteiger partial charge in [-0.15, -0.1) is 0 Å². The SMILES string of the molecule is CCN(c1cc(CN2C(=O)N(c3ccc(S(=O)(=O)C(F)(F)F)cc3)C(=O)C2C)ccn1)C(C)N1CCN(C)CC1. The molecule has 14 heteroatoms. The summed E-state index contributed by atoms with van der Waals surface area (Å²) >= 11 is 0. The third-order valence-corrected chi connectivity index (χ3v) is 9.01. The van der Waals surface area contributed by atoms with Crippen molar-refractivity contribution in [1.82, 2.24) is 19.7 Å². The molecule has 3 heterocycles. The highest BCUT2D eigenvalue weighted by Gasteiger charge is 2.47. The first-order valence-corrected chi connectivity index (χ1v) is 14.4. The van der Waals surface area contributed by atoms with Gasteiger partial charge < -0.3 is 14.7 Å². The van der Waals surface area contributed by atoms with Crippen LogP contribution in [-0.2, 0) is 21.2 Å². The highest BCUT2D eigenvalue weighted by Crippen LogP contribution is 2.33. The van der Waals surface area contributed by atoms with E-state index in [-0.39, 0.29) is 18.4 Å². The molecule has 0 N–H and O–H groups in total. The van der Waals surface area contributed by atoms with Gasteiger partial charge in [-0.1, -0.05) is 0 Å². The van der Waals surface area contributed by atoms with Crippen LogP contribution in [0.1, 0.15) is 26.3 Å². The number of carbonyl (C=O) groups excluding carboxylic acids is 2. The topological polar surface area (TPSA) is 97.4 Å². The summed E-state index contributed by atoms with van der Waals surface area (Å²) in [4.78, 5) is 38.9. The summed E-state index contributed by atoms with van der Waals surface area (Å²) < 4.78 is 62.0. The van der Waals surface area contributed by atoms with Crippen LogP contribution in [0.5, 0.6) is 0 Å². The Labute approximate surface area is 231 Å². The fourth-order valence-corrected chi connectivity index (χ4v) is 5.74. The van der Waals surface area contributed by atoms with Crippen LogP contribution < -0.4 is 9.80 Å². The highest BCUT2D eigenvalue weighted by atomic mass is 32.2. The van der Waals surface area contributed by atoms with Gasteiger partial charge >= 0.3 is 11.5 Å². The summed E-state index contributed by atoms with van der Waals surface area (Å²) in [5, 5.41) is 0. The molecule has 2 atom stereocenters. The molecule has 0 spiro atoms. The number of pyridine rings is 1. The fourth-order valence-electron chi connectivity index (χ4n) is 4.98. The maximum atomic E-state index is 13.3. The minimum atomic E-state index is -5.55. The molecular weight excluding hydrogens is 549 g/mol. The Bertz CT molecular complexity index is 1350. The van der Waals surface area contributed by atoms with E-state index in [2.05, 4.69) is 40.6 Å². The summed E-state index contributed by atoms with van der Waals surface area (Å²) in [7, 11) is -3.45. The summed E-state index contributed by atoms with van der Waals surface area (Å²) in [5.74, 6) is 0.181. The Morgan fingerprint density at radius 2 is 1.70 bits per heavy atom. The van der Waals surface area contributed by atoms with Crippen LogP contribution in [0.3, 0.4) is 0 Å². The molecular formula is C26H33F3N6O4S. The lowest BCUT2D eigenvalue weighted by Crippen LogP contribution is -2.54. The molecule has 0 saturated carbocycles. The van der Waals surface area contributed by atoms with Crippen LogP contribution in [0, 0.1) is 0 Å². The Hall–Kier alpha value is -3.23. The molecule has 2 aliphatic heterocycles. The van der Waals surface area contributed by atoms with E-state index in [0.29, 0.717) is 0 Å². The van der Waals surface area contributed by atoms with Crippen LogP contribution in [0.25, 0.3) is 0 Å². The number of hydrogen-bond donors (Lipinski definition) is 0. The number of amides is 3. The number of likely N-dealkylation sites (N-methyl/N-ethyl adjacent to an activating group) is 1. The predicted molar refractivity (Wildman–Crippen MR) is 143 cm³/mol. The lowest BCUT2D eigenvalue weighted by molar-refractivity contribution is -0.119. The molecule has 2 aliphatic rings. The first-order chi connectivity index (χ1) is 18.8. The predicted octanol–water partition coefficient (Wildman–Crippen LogP) is 3.15. The second kappa shape index (κ2) is 11.3. The molecule has 2 unspecified atom stereocenters. The lowest BCUT2D eigenvalue weighted by atomic mass is 10.2. The molecule has 40 heavy (non-hydrogen) atoms. The molecule has 4 rings (SSSR count). The van der Waals surface area contributed by atoms with E-state index in [1.807, 2.05) is 6.07 Å². The number of benzene rings is 1. The van der Waals surface area contributed by atoms with Gasteiger partial charge in [0.05, 0.1) is 16.7 Å². The van der Waals surface area contributed by atoms with Crippen molar-refractivity contribution >= 4 is 33.3 Å². The Morgan fingerprint density at radius 1 is 1.07 bits per heavy atom. The molecule has 1 aromatic heterocycles. The Kier molecular flexibility index (Phi) is 8.43. The van der Waals surface area contributed by atoms with Gasteiger partial charge in [0.2, 0.25) is 0 Å². The van der Waals surface area contributed by atoms with Gasteiger partial charge in [0.15, 0.2) is 0 Å². The third-order valence-electron chi connectivity index (χ3n) is 7.51. The summed E-state index contributed by atoms with van der Waals surface area (Å²) in [6.45, 7) is 10.4.